The van der Waals surface area contributed by atoms with Gasteiger partial charge >= 0.3 is 0 Å². The SMILES string of the molecule is COc1cccc(-c2nc(Nc3ccncc3F)c3c(C(O)CNCCN4CCS(=O)(=O)CC4)ccn3n2)n1. The van der Waals surface area contributed by atoms with Crippen LogP contribution in [0, 0.1) is 5.82 Å². The monoisotopic (exact) mass is 556 g/mol. The lowest BCUT2D eigenvalue weighted by Gasteiger charge is -2.26. The number of pyridine rings is 2. The Kier molecular flexibility index (Phi) is 7.97. The van der Waals surface area contributed by atoms with E-state index in [0.29, 0.717) is 48.8 Å². The minimum Gasteiger partial charge on any atom is -0.481 e. The Labute approximate surface area is 224 Å². The summed E-state index contributed by atoms with van der Waals surface area (Å²) in [5.41, 5.74) is 1.65. The van der Waals surface area contributed by atoms with Crippen LogP contribution < -0.4 is 15.4 Å². The number of rotatable bonds is 10. The van der Waals surface area contributed by atoms with Crippen LogP contribution >= 0.6 is 0 Å². The number of ether oxygens (including phenoxy) is 1. The van der Waals surface area contributed by atoms with Gasteiger partial charge in [-0.25, -0.2) is 27.3 Å². The summed E-state index contributed by atoms with van der Waals surface area (Å²) in [4.78, 5) is 14.9. The summed E-state index contributed by atoms with van der Waals surface area (Å²) in [5, 5.41) is 21.9. The first-order chi connectivity index (χ1) is 18.8. The maximum atomic E-state index is 14.5. The summed E-state index contributed by atoms with van der Waals surface area (Å²) < 4.78 is 44.5. The van der Waals surface area contributed by atoms with Gasteiger partial charge in [-0.2, -0.15) is 0 Å². The first kappa shape index (κ1) is 26.9. The van der Waals surface area contributed by atoms with E-state index in [1.807, 2.05) is 0 Å². The summed E-state index contributed by atoms with van der Waals surface area (Å²) in [5.74, 6) is 0.740. The number of nitrogens with one attached hydrogen (secondary N) is 2. The van der Waals surface area contributed by atoms with Crippen molar-refractivity contribution in [2.45, 2.75) is 6.10 Å². The number of hydrogen-bond donors (Lipinski definition) is 3. The number of fused-ring (bicyclic) bond motifs is 1. The summed E-state index contributed by atoms with van der Waals surface area (Å²) >= 11 is 0. The molecule has 1 aliphatic rings. The summed E-state index contributed by atoms with van der Waals surface area (Å²) in [6, 6.07) is 8.44. The van der Waals surface area contributed by atoms with Gasteiger partial charge in [-0.1, -0.05) is 6.07 Å². The zero-order valence-electron chi connectivity index (χ0n) is 21.3. The second-order valence-corrected chi connectivity index (χ2v) is 11.4. The molecule has 5 rings (SSSR count). The summed E-state index contributed by atoms with van der Waals surface area (Å²) in [6.07, 6.45) is 3.34. The van der Waals surface area contributed by atoms with Gasteiger partial charge in [0.1, 0.15) is 11.2 Å². The van der Waals surface area contributed by atoms with E-state index in [4.69, 9.17) is 4.74 Å². The molecule has 3 N–H and O–H groups in total. The molecular weight excluding hydrogens is 527 g/mol. The van der Waals surface area contributed by atoms with Crippen molar-refractivity contribution in [3.05, 3.63) is 60.3 Å². The highest BCUT2D eigenvalue weighted by atomic mass is 32.2. The molecule has 0 bridgehead atoms. The molecule has 1 atom stereocenters. The zero-order chi connectivity index (χ0) is 27.4. The van der Waals surface area contributed by atoms with Crippen molar-refractivity contribution < 1.29 is 22.7 Å². The predicted octanol–water partition coefficient (Wildman–Crippen LogP) is 1.43. The van der Waals surface area contributed by atoms with Crippen molar-refractivity contribution in [3.63, 3.8) is 0 Å². The molecule has 1 unspecified atom stereocenters. The van der Waals surface area contributed by atoms with Crippen molar-refractivity contribution >= 4 is 26.9 Å². The van der Waals surface area contributed by atoms with Gasteiger partial charge in [0.05, 0.1) is 36.6 Å². The molecule has 0 aliphatic carbocycles. The van der Waals surface area contributed by atoms with Gasteiger partial charge in [-0.05, 0) is 18.2 Å². The third-order valence-electron chi connectivity index (χ3n) is 6.47. The Morgan fingerprint density at radius 3 is 2.77 bits per heavy atom. The topological polar surface area (TPSA) is 147 Å². The minimum absolute atomic E-state index is 0.165. The van der Waals surface area contributed by atoms with Crippen LogP contribution in [-0.4, -0.2) is 94.3 Å². The molecule has 206 valence electrons. The number of aromatic nitrogens is 5. The lowest BCUT2D eigenvalue weighted by Crippen LogP contribution is -2.43. The van der Waals surface area contributed by atoms with Crippen LogP contribution in [0.15, 0.2) is 48.9 Å². The summed E-state index contributed by atoms with van der Waals surface area (Å²) in [6.45, 7) is 2.53. The molecule has 12 nitrogen and oxygen atoms in total. The molecule has 0 radical (unpaired) electrons. The van der Waals surface area contributed by atoms with Crippen molar-refractivity contribution in [3.8, 4) is 17.4 Å². The normalized spacial score (nSPS) is 16.3. The van der Waals surface area contributed by atoms with Crippen LogP contribution in [0.1, 0.15) is 11.7 Å². The second-order valence-electron chi connectivity index (χ2n) is 9.11. The van der Waals surface area contributed by atoms with Crippen molar-refractivity contribution in [1.29, 1.82) is 0 Å². The molecule has 0 spiro atoms. The fourth-order valence-corrected chi connectivity index (χ4v) is 5.61. The number of sulfone groups is 1. The maximum absolute atomic E-state index is 14.5. The van der Waals surface area contributed by atoms with E-state index in [1.54, 1.807) is 35.0 Å². The molecular formula is C25H29FN8O4S. The average molecular weight is 557 g/mol. The largest absolute Gasteiger partial charge is 0.481 e. The van der Waals surface area contributed by atoms with Crippen LogP contribution in [0.5, 0.6) is 5.88 Å². The molecule has 4 aromatic heterocycles. The van der Waals surface area contributed by atoms with Gasteiger partial charge in [0, 0.05) is 56.7 Å². The smallest absolute Gasteiger partial charge is 0.213 e. The zero-order valence-corrected chi connectivity index (χ0v) is 22.1. The van der Waals surface area contributed by atoms with Crippen LogP contribution in [0.25, 0.3) is 17.0 Å². The van der Waals surface area contributed by atoms with Gasteiger partial charge in [-0.15, -0.1) is 5.10 Å². The van der Waals surface area contributed by atoms with E-state index in [1.165, 1.54) is 19.4 Å². The number of aliphatic hydroxyl groups excluding tert-OH is 1. The minimum atomic E-state index is -2.92. The Bertz CT molecular complexity index is 1550. The van der Waals surface area contributed by atoms with Gasteiger partial charge < -0.3 is 25.4 Å². The molecule has 14 heteroatoms. The Balaban J connectivity index is 1.38. The van der Waals surface area contributed by atoms with Crippen LogP contribution in [0.2, 0.25) is 0 Å². The highest BCUT2D eigenvalue weighted by Gasteiger charge is 2.22. The van der Waals surface area contributed by atoms with Crippen LogP contribution in [0.4, 0.5) is 15.9 Å². The van der Waals surface area contributed by atoms with Crippen LogP contribution in [-0.2, 0) is 9.84 Å². The van der Waals surface area contributed by atoms with E-state index in [9.17, 15) is 17.9 Å². The second kappa shape index (κ2) is 11.6. The lowest BCUT2D eigenvalue weighted by atomic mass is 10.1. The van der Waals surface area contributed by atoms with Gasteiger partial charge in [0.2, 0.25) is 11.7 Å². The molecule has 1 aliphatic heterocycles. The van der Waals surface area contributed by atoms with E-state index in [-0.39, 0.29) is 35.4 Å². The fraction of sp³-hybridized carbons (Fsp3) is 0.360. The Morgan fingerprint density at radius 1 is 1.18 bits per heavy atom. The number of nitrogens with zero attached hydrogens (tertiary/aromatic N) is 6. The number of halogens is 1. The number of anilines is 2. The molecule has 5 heterocycles. The van der Waals surface area contributed by atoms with Crippen molar-refractivity contribution in [2.75, 3.05) is 56.7 Å². The highest BCUT2D eigenvalue weighted by molar-refractivity contribution is 7.91. The first-order valence-corrected chi connectivity index (χ1v) is 14.2. The number of methoxy groups -OCH3 is 1. The van der Waals surface area contributed by atoms with Gasteiger partial charge in [0.15, 0.2) is 21.5 Å². The molecule has 39 heavy (non-hydrogen) atoms. The quantitative estimate of drug-likeness (QED) is 0.244. The fourth-order valence-electron chi connectivity index (χ4n) is 4.33. The molecule has 0 aromatic carbocycles. The average Bonchev–Trinajstić information content (AvgIpc) is 3.37. The third-order valence-corrected chi connectivity index (χ3v) is 8.08. The number of hydrogen-bond acceptors (Lipinski definition) is 11. The molecule has 0 amide bonds. The van der Waals surface area contributed by atoms with Crippen molar-refractivity contribution in [1.82, 2.24) is 34.8 Å². The number of aliphatic hydroxyl groups is 1. The van der Waals surface area contributed by atoms with Gasteiger partial charge in [0.25, 0.3) is 0 Å². The molecule has 0 saturated carbocycles. The summed E-state index contributed by atoms with van der Waals surface area (Å²) in [7, 11) is -1.41. The lowest BCUT2D eigenvalue weighted by molar-refractivity contribution is 0.174. The van der Waals surface area contributed by atoms with E-state index >= 15 is 0 Å². The Hall–Kier alpha value is -3.72. The Morgan fingerprint density at radius 2 is 2.00 bits per heavy atom. The van der Waals surface area contributed by atoms with E-state index in [2.05, 4.69) is 35.6 Å². The first-order valence-electron chi connectivity index (χ1n) is 12.4. The van der Waals surface area contributed by atoms with Gasteiger partial charge in [-0.3, -0.25) is 4.98 Å². The van der Waals surface area contributed by atoms with Crippen LogP contribution in [0.3, 0.4) is 0 Å². The standard InChI is InChI=1S/C25H29FN8O4S/c1-38-22-4-2-3-20(29-22)24-31-25(30-19-5-7-27-15-18(19)26)23-17(6-9-34(23)32-24)21(35)16-28-8-10-33-11-13-39(36,37)14-12-33/h2-7,9,15,21,28,35H,8,10-14,16H2,1H3,(H,27,30,31,32). The maximum Gasteiger partial charge on any atom is 0.213 e. The van der Waals surface area contributed by atoms with E-state index in [0.717, 1.165) is 6.20 Å². The molecule has 1 fully saturated rings. The third kappa shape index (κ3) is 6.30. The highest BCUT2D eigenvalue weighted by Crippen LogP contribution is 2.30. The predicted molar refractivity (Wildman–Crippen MR) is 143 cm³/mol. The van der Waals surface area contributed by atoms with E-state index < -0.39 is 21.8 Å². The molecule has 1 saturated heterocycles. The molecule has 4 aromatic rings. The van der Waals surface area contributed by atoms with Crippen molar-refractivity contribution in [2.24, 2.45) is 0 Å².